The standard InChI is InChI=1S/C8H14N2O/c1-6(2)8(3,11)7-4-9-5-10-7/h4-6,11H,1-3H3,(H,9,10). The zero-order chi connectivity index (χ0) is 8.48. The van der Waals surface area contributed by atoms with Crippen LogP contribution in [-0.2, 0) is 5.60 Å². The topological polar surface area (TPSA) is 48.9 Å². The molecule has 62 valence electrons. The zero-order valence-electron chi connectivity index (χ0n) is 7.13. The van der Waals surface area contributed by atoms with E-state index in [0.29, 0.717) is 0 Å². The van der Waals surface area contributed by atoms with Gasteiger partial charge in [-0.2, -0.15) is 0 Å². The summed E-state index contributed by atoms with van der Waals surface area (Å²) >= 11 is 0. The molecule has 1 atom stereocenters. The number of imidazole rings is 1. The number of aromatic amines is 1. The summed E-state index contributed by atoms with van der Waals surface area (Å²) in [5.41, 5.74) is -0.0243. The first-order valence-corrected chi connectivity index (χ1v) is 3.76. The summed E-state index contributed by atoms with van der Waals surface area (Å²) in [7, 11) is 0. The Balaban J connectivity index is 2.90. The maximum atomic E-state index is 9.88. The van der Waals surface area contributed by atoms with E-state index in [2.05, 4.69) is 9.97 Å². The Morgan fingerprint density at radius 1 is 1.64 bits per heavy atom. The van der Waals surface area contributed by atoms with Gasteiger partial charge in [-0.3, -0.25) is 0 Å². The first-order chi connectivity index (χ1) is 5.05. The van der Waals surface area contributed by atoms with Crippen molar-refractivity contribution in [1.29, 1.82) is 0 Å². The Labute approximate surface area is 66.5 Å². The molecule has 1 aromatic rings. The lowest BCUT2D eigenvalue weighted by Crippen LogP contribution is -2.28. The highest BCUT2D eigenvalue weighted by Gasteiger charge is 2.28. The number of H-pyrrole nitrogens is 1. The Morgan fingerprint density at radius 3 is 2.64 bits per heavy atom. The highest BCUT2D eigenvalue weighted by molar-refractivity contribution is 5.07. The van der Waals surface area contributed by atoms with Crippen LogP contribution in [0.5, 0.6) is 0 Å². The van der Waals surface area contributed by atoms with E-state index in [4.69, 9.17) is 0 Å². The number of rotatable bonds is 2. The number of hydrogen-bond donors (Lipinski definition) is 2. The van der Waals surface area contributed by atoms with Crippen molar-refractivity contribution in [3.63, 3.8) is 0 Å². The van der Waals surface area contributed by atoms with Crippen LogP contribution < -0.4 is 0 Å². The number of aromatic nitrogens is 2. The van der Waals surface area contributed by atoms with Crippen LogP contribution in [-0.4, -0.2) is 15.1 Å². The number of nitrogens with one attached hydrogen (secondary N) is 1. The van der Waals surface area contributed by atoms with Gasteiger partial charge in [0, 0.05) is 0 Å². The maximum Gasteiger partial charge on any atom is 0.105 e. The third-order valence-electron chi connectivity index (χ3n) is 2.17. The summed E-state index contributed by atoms with van der Waals surface area (Å²) in [6.45, 7) is 5.73. The summed E-state index contributed by atoms with van der Waals surface area (Å²) in [6, 6.07) is 0. The molecule has 0 saturated carbocycles. The van der Waals surface area contributed by atoms with Crippen molar-refractivity contribution in [2.75, 3.05) is 0 Å². The average molecular weight is 154 g/mol. The normalized spacial score (nSPS) is 16.8. The van der Waals surface area contributed by atoms with Crippen LogP contribution in [0.1, 0.15) is 26.5 Å². The first-order valence-electron chi connectivity index (χ1n) is 3.76. The molecular weight excluding hydrogens is 140 g/mol. The minimum Gasteiger partial charge on any atom is -0.384 e. The van der Waals surface area contributed by atoms with Crippen molar-refractivity contribution in [1.82, 2.24) is 9.97 Å². The molecule has 1 heterocycles. The SMILES string of the molecule is CC(C)C(C)(O)c1cnc[nH]1. The summed E-state index contributed by atoms with van der Waals surface area (Å²) in [4.78, 5) is 6.75. The van der Waals surface area contributed by atoms with E-state index in [0.717, 1.165) is 5.69 Å². The summed E-state index contributed by atoms with van der Waals surface area (Å²) in [5.74, 6) is 0.183. The number of hydrogen-bond acceptors (Lipinski definition) is 2. The maximum absolute atomic E-state index is 9.88. The molecule has 11 heavy (non-hydrogen) atoms. The second kappa shape index (κ2) is 2.66. The largest absolute Gasteiger partial charge is 0.384 e. The van der Waals surface area contributed by atoms with Crippen molar-refractivity contribution in [2.24, 2.45) is 5.92 Å². The molecule has 0 aliphatic heterocycles. The van der Waals surface area contributed by atoms with Gasteiger partial charge in [0.25, 0.3) is 0 Å². The lowest BCUT2D eigenvalue weighted by Gasteiger charge is -2.25. The molecule has 0 aliphatic carbocycles. The van der Waals surface area contributed by atoms with E-state index in [9.17, 15) is 5.11 Å². The third-order valence-corrected chi connectivity index (χ3v) is 2.17. The van der Waals surface area contributed by atoms with Gasteiger partial charge in [0.1, 0.15) is 5.60 Å². The molecule has 0 spiro atoms. The van der Waals surface area contributed by atoms with Gasteiger partial charge >= 0.3 is 0 Å². The van der Waals surface area contributed by atoms with E-state index in [1.54, 1.807) is 19.4 Å². The van der Waals surface area contributed by atoms with E-state index < -0.39 is 5.60 Å². The monoisotopic (exact) mass is 154 g/mol. The minimum absolute atomic E-state index is 0.183. The molecule has 1 rings (SSSR count). The zero-order valence-corrected chi connectivity index (χ0v) is 7.13. The van der Waals surface area contributed by atoms with Gasteiger partial charge in [-0.25, -0.2) is 4.98 Å². The lowest BCUT2D eigenvalue weighted by molar-refractivity contribution is 0.00526. The van der Waals surface area contributed by atoms with Crippen LogP contribution in [0.15, 0.2) is 12.5 Å². The lowest BCUT2D eigenvalue weighted by atomic mass is 9.90. The summed E-state index contributed by atoms with van der Waals surface area (Å²) < 4.78 is 0. The highest BCUT2D eigenvalue weighted by Crippen LogP contribution is 2.26. The molecule has 2 N–H and O–H groups in total. The molecule has 0 bridgehead atoms. The molecule has 0 saturated heterocycles. The molecule has 3 heteroatoms. The van der Waals surface area contributed by atoms with Gasteiger partial charge in [0.05, 0.1) is 18.2 Å². The van der Waals surface area contributed by atoms with Crippen LogP contribution >= 0.6 is 0 Å². The minimum atomic E-state index is -0.795. The second-order valence-electron chi connectivity index (χ2n) is 3.27. The average Bonchev–Trinajstić information content (AvgIpc) is 2.37. The molecule has 0 aromatic carbocycles. The Hall–Kier alpha value is -0.830. The van der Waals surface area contributed by atoms with E-state index in [1.165, 1.54) is 0 Å². The van der Waals surface area contributed by atoms with Crippen molar-refractivity contribution in [3.8, 4) is 0 Å². The summed E-state index contributed by atoms with van der Waals surface area (Å²) in [6.07, 6.45) is 3.23. The number of nitrogens with zero attached hydrogens (tertiary/aromatic N) is 1. The first kappa shape index (κ1) is 8.27. The molecule has 1 aromatic heterocycles. The molecule has 1 unspecified atom stereocenters. The van der Waals surface area contributed by atoms with Crippen LogP contribution in [0.3, 0.4) is 0 Å². The van der Waals surface area contributed by atoms with Crippen molar-refractivity contribution in [3.05, 3.63) is 18.2 Å². The van der Waals surface area contributed by atoms with Gasteiger partial charge < -0.3 is 10.1 Å². The second-order valence-corrected chi connectivity index (χ2v) is 3.27. The molecule has 0 radical (unpaired) electrons. The molecule has 0 aliphatic rings. The Morgan fingerprint density at radius 2 is 2.27 bits per heavy atom. The highest BCUT2D eigenvalue weighted by atomic mass is 16.3. The van der Waals surface area contributed by atoms with Crippen LogP contribution in [0.2, 0.25) is 0 Å². The predicted octanol–water partition coefficient (Wildman–Crippen LogP) is 1.27. The fourth-order valence-corrected chi connectivity index (χ4v) is 0.844. The fourth-order valence-electron chi connectivity index (χ4n) is 0.844. The van der Waals surface area contributed by atoms with Crippen LogP contribution in [0.25, 0.3) is 0 Å². The van der Waals surface area contributed by atoms with Gasteiger partial charge in [-0.15, -0.1) is 0 Å². The van der Waals surface area contributed by atoms with Crippen molar-refractivity contribution in [2.45, 2.75) is 26.4 Å². The Kier molecular flexibility index (Phi) is 2.00. The molecular formula is C8H14N2O. The van der Waals surface area contributed by atoms with Crippen LogP contribution in [0.4, 0.5) is 0 Å². The van der Waals surface area contributed by atoms with Gasteiger partial charge in [0.15, 0.2) is 0 Å². The molecule has 0 fully saturated rings. The van der Waals surface area contributed by atoms with E-state index in [1.807, 2.05) is 13.8 Å². The predicted molar refractivity (Wildman–Crippen MR) is 43.0 cm³/mol. The van der Waals surface area contributed by atoms with E-state index >= 15 is 0 Å². The number of aliphatic hydroxyl groups is 1. The smallest absolute Gasteiger partial charge is 0.105 e. The van der Waals surface area contributed by atoms with Gasteiger partial charge in [-0.1, -0.05) is 13.8 Å². The quantitative estimate of drug-likeness (QED) is 0.674. The fraction of sp³-hybridized carbons (Fsp3) is 0.625. The molecule has 0 amide bonds. The van der Waals surface area contributed by atoms with Crippen molar-refractivity contribution < 1.29 is 5.11 Å². The third kappa shape index (κ3) is 1.43. The van der Waals surface area contributed by atoms with Gasteiger partial charge in [0.2, 0.25) is 0 Å². The molecule has 3 nitrogen and oxygen atoms in total. The van der Waals surface area contributed by atoms with Crippen molar-refractivity contribution >= 4 is 0 Å². The summed E-state index contributed by atoms with van der Waals surface area (Å²) in [5, 5.41) is 9.88. The van der Waals surface area contributed by atoms with Gasteiger partial charge in [-0.05, 0) is 12.8 Å². The Bertz CT molecular complexity index is 214. The van der Waals surface area contributed by atoms with E-state index in [-0.39, 0.29) is 5.92 Å². The van der Waals surface area contributed by atoms with Crippen LogP contribution in [0, 0.1) is 5.92 Å².